The van der Waals surface area contributed by atoms with Crippen LogP contribution in [0.1, 0.15) is 252 Å². The van der Waals surface area contributed by atoms with Gasteiger partial charge in [-0.15, -0.1) is 0 Å². The Bertz CT molecular complexity index is 1270. The number of allylic oxidation sites excluding steroid dienone is 14. The summed E-state index contributed by atoms with van der Waals surface area (Å²) in [7, 11) is 0. The van der Waals surface area contributed by atoms with E-state index in [1.807, 2.05) is 6.08 Å². The molecule has 0 aromatic carbocycles. The van der Waals surface area contributed by atoms with E-state index in [0.29, 0.717) is 25.7 Å². The first kappa shape index (κ1) is 61.6. The summed E-state index contributed by atoms with van der Waals surface area (Å²) in [6.45, 7) is 6.41. The van der Waals surface area contributed by atoms with Crippen molar-refractivity contribution in [3.8, 4) is 0 Å². The number of esters is 3. The number of carbonyl (C=O) groups excluding carboxylic acids is 3. The minimum absolute atomic E-state index is 0.114. The SMILES string of the molecule is CC/C=C\C/C=C\C/C=C\C/C=C\C/C=C\C/C=C\CCC(=O)OCC(COC(=O)CCC/C=C\CCCCCC)OC(=O)CCCCCCCCCCCCCCCCCCCCC. The third kappa shape index (κ3) is 51.4. The Morgan fingerprint density at radius 2 is 0.646 bits per heavy atom. The molecular weight excluding hydrogens is 805 g/mol. The Morgan fingerprint density at radius 3 is 1.08 bits per heavy atom. The first-order chi connectivity index (χ1) is 32.0. The standard InChI is InChI=1S/C59H100O6/c1-4-7-10-13-16-19-21-23-25-27-29-31-33-35-37-40-43-46-49-52-58(61)64-55-56(54-63-57(60)51-48-45-42-39-18-15-12-9-6-3)65-59(62)53-50-47-44-41-38-36-34-32-30-28-26-24-22-20-17-14-11-8-5-2/h7,10,16,19,23,25,29,31,35,37,39,42-43,46,56H,4-6,8-9,11-15,17-18,20-22,24,26-28,30,32-34,36,38,40-41,44-45,47-55H2,1-3H3/b10-7-,19-16-,25-23-,31-29-,37-35-,42-39-,46-43-. The maximum Gasteiger partial charge on any atom is 0.306 e. The molecule has 0 aliphatic carbocycles. The van der Waals surface area contributed by atoms with E-state index in [9.17, 15) is 14.4 Å². The highest BCUT2D eigenvalue weighted by Crippen LogP contribution is 2.16. The number of unbranched alkanes of at least 4 members (excludes halogenated alkanes) is 23. The number of carbonyl (C=O) groups is 3. The molecule has 0 spiro atoms. The first-order valence-electron chi connectivity index (χ1n) is 27.1. The average molecular weight is 905 g/mol. The highest BCUT2D eigenvalue weighted by molar-refractivity contribution is 5.71. The molecule has 0 heterocycles. The van der Waals surface area contributed by atoms with Crippen LogP contribution in [0.25, 0.3) is 0 Å². The van der Waals surface area contributed by atoms with Gasteiger partial charge in [-0.2, -0.15) is 0 Å². The molecular formula is C59H100O6. The van der Waals surface area contributed by atoms with E-state index in [1.165, 1.54) is 128 Å². The lowest BCUT2D eigenvalue weighted by atomic mass is 10.0. The van der Waals surface area contributed by atoms with E-state index < -0.39 is 6.10 Å². The smallest absolute Gasteiger partial charge is 0.306 e. The van der Waals surface area contributed by atoms with Crippen molar-refractivity contribution in [3.63, 3.8) is 0 Å². The summed E-state index contributed by atoms with van der Waals surface area (Å²) >= 11 is 0. The predicted octanol–water partition coefficient (Wildman–Crippen LogP) is 18.0. The van der Waals surface area contributed by atoms with E-state index in [-0.39, 0.29) is 37.5 Å². The Kier molecular flexibility index (Phi) is 50.4. The van der Waals surface area contributed by atoms with Gasteiger partial charge in [0.15, 0.2) is 6.10 Å². The highest BCUT2D eigenvalue weighted by atomic mass is 16.6. The van der Waals surface area contributed by atoms with Crippen molar-refractivity contribution in [3.05, 3.63) is 85.1 Å². The van der Waals surface area contributed by atoms with E-state index in [1.54, 1.807) is 0 Å². The van der Waals surface area contributed by atoms with Crippen molar-refractivity contribution in [2.24, 2.45) is 0 Å². The lowest BCUT2D eigenvalue weighted by Crippen LogP contribution is -2.30. The molecule has 6 nitrogen and oxygen atoms in total. The van der Waals surface area contributed by atoms with Gasteiger partial charge >= 0.3 is 17.9 Å². The van der Waals surface area contributed by atoms with Crippen LogP contribution >= 0.6 is 0 Å². The maximum atomic E-state index is 12.8. The van der Waals surface area contributed by atoms with Crippen LogP contribution in [0.3, 0.4) is 0 Å². The van der Waals surface area contributed by atoms with Crippen LogP contribution in [-0.2, 0) is 28.6 Å². The second-order valence-corrected chi connectivity index (χ2v) is 17.8. The normalized spacial score (nSPS) is 12.7. The summed E-state index contributed by atoms with van der Waals surface area (Å²) in [6, 6.07) is 0. The number of hydrogen-bond acceptors (Lipinski definition) is 6. The van der Waals surface area contributed by atoms with Gasteiger partial charge < -0.3 is 14.2 Å². The summed E-state index contributed by atoms with van der Waals surface area (Å²) in [5.41, 5.74) is 0. The lowest BCUT2D eigenvalue weighted by Gasteiger charge is -2.18. The number of ether oxygens (including phenoxy) is 3. The largest absolute Gasteiger partial charge is 0.462 e. The van der Waals surface area contributed by atoms with Crippen molar-refractivity contribution < 1.29 is 28.6 Å². The molecule has 0 aromatic rings. The third-order valence-electron chi connectivity index (χ3n) is 11.4. The summed E-state index contributed by atoms with van der Waals surface area (Å²) in [5, 5.41) is 0. The first-order valence-corrected chi connectivity index (χ1v) is 27.1. The van der Waals surface area contributed by atoms with E-state index in [4.69, 9.17) is 14.2 Å². The van der Waals surface area contributed by atoms with Gasteiger partial charge in [0.1, 0.15) is 13.2 Å². The average Bonchev–Trinajstić information content (AvgIpc) is 3.30. The topological polar surface area (TPSA) is 78.9 Å². The van der Waals surface area contributed by atoms with Gasteiger partial charge in [0.05, 0.1) is 0 Å². The Morgan fingerprint density at radius 1 is 0.323 bits per heavy atom. The molecule has 0 saturated heterocycles. The quantitative estimate of drug-likeness (QED) is 0.0262. The second kappa shape index (κ2) is 53.2. The minimum atomic E-state index is -0.815. The van der Waals surface area contributed by atoms with Crippen LogP contribution in [0.2, 0.25) is 0 Å². The van der Waals surface area contributed by atoms with E-state index in [2.05, 4.69) is 99.8 Å². The van der Waals surface area contributed by atoms with Crippen LogP contribution in [0.5, 0.6) is 0 Å². The van der Waals surface area contributed by atoms with Gasteiger partial charge in [0, 0.05) is 19.3 Å². The zero-order valence-electron chi connectivity index (χ0n) is 42.5. The molecule has 0 radical (unpaired) electrons. The van der Waals surface area contributed by atoms with Gasteiger partial charge in [0.25, 0.3) is 0 Å². The molecule has 0 saturated carbocycles. The van der Waals surface area contributed by atoms with E-state index in [0.717, 1.165) is 70.6 Å². The fraction of sp³-hybridized carbons (Fsp3) is 0.712. The van der Waals surface area contributed by atoms with Crippen molar-refractivity contribution in [2.75, 3.05) is 13.2 Å². The summed E-state index contributed by atoms with van der Waals surface area (Å²) in [6.07, 6.45) is 68.9. The minimum Gasteiger partial charge on any atom is -0.462 e. The molecule has 0 aromatic heterocycles. The molecule has 0 N–H and O–H groups in total. The Hall–Kier alpha value is -3.41. The van der Waals surface area contributed by atoms with Gasteiger partial charge in [-0.1, -0.05) is 241 Å². The van der Waals surface area contributed by atoms with Gasteiger partial charge in [-0.05, 0) is 77.0 Å². The van der Waals surface area contributed by atoms with Crippen LogP contribution < -0.4 is 0 Å². The molecule has 6 heteroatoms. The van der Waals surface area contributed by atoms with Gasteiger partial charge in [0.2, 0.25) is 0 Å². The zero-order chi connectivity index (χ0) is 47.2. The van der Waals surface area contributed by atoms with Gasteiger partial charge in [-0.3, -0.25) is 14.4 Å². The molecule has 0 rings (SSSR count). The van der Waals surface area contributed by atoms with Crippen LogP contribution in [0, 0.1) is 0 Å². The summed E-state index contributed by atoms with van der Waals surface area (Å²) < 4.78 is 16.7. The van der Waals surface area contributed by atoms with Gasteiger partial charge in [-0.25, -0.2) is 0 Å². The highest BCUT2D eigenvalue weighted by Gasteiger charge is 2.19. The van der Waals surface area contributed by atoms with Crippen molar-refractivity contribution in [1.29, 1.82) is 0 Å². The zero-order valence-corrected chi connectivity index (χ0v) is 42.5. The molecule has 0 bridgehead atoms. The molecule has 0 aliphatic heterocycles. The van der Waals surface area contributed by atoms with E-state index >= 15 is 0 Å². The molecule has 0 amide bonds. The molecule has 1 unspecified atom stereocenters. The molecule has 65 heavy (non-hydrogen) atoms. The lowest BCUT2D eigenvalue weighted by molar-refractivity contribution is -0.166. The molecule has 0 fully saturated rings. The van der Waals surface area contributed by atoms with Crippen molar-refractivity contribution in [1.82, 2.24) is 0 Å². The fourth-order valence-electron chi connectivity index (χ4n) is 7.35. The second-order valence-electron chi connectivity index (χ2n) is 17.8. The monoisotopic (exact) mass is 905 g/mol. The summed E-state index contributed by atoms with van der Waals surface area (Å²) in [5.74, 6) is -1.03. The third-order valence-corrected chi connectivity index (χ3v) is 11.4. The Balaban J connectivity index is 4.41. The molecule has 372 valence electrons. The number of hydrogen-bond donors (Lipinski definition) is 0. The number of rotatable bonds is 48. The summed E-state index contributed by atoms with van der Waals surface area (Å²) in [4.78, 5) is 37.9. The van der Waals surface area contributed by atoms with Crippen molar-refractivity contribution in [2.45, 2.75) is 258 Å². The Labute approximate surface area is 401 Å². The molecule has 0 aliphatic rings. The van der Waals surface area contributed by atoms with Crippen LogP contribution in [-0.4, -0.2) is 37.2 Å². The van der Waals surface area contributed by atoms with Crippen LogP contribution in [0.15, 0.2) is 85.1 Å². The van der Waals surface area contributed by atoms with Crippen molar-refractivity contribution >= 4 is 17.9 Å². The van der Waals surface area contributed by atoms with Crippen LogP contribution in [0.4, 0.5) is 0 Å². The fourth-order valence-corrected chi connectivity index (χ4v) is 7.35. The molecule has 1 atom stereocenters. The predicted molar refractivity (Wildman–Crippen MR) is 279 cm³/mol. The maximum absolute atomic E-state index is 12.8.